The van der Waals surface area contributed by atoms with Crippen LogP contribution in [0.2, 0.25) is 0 Å². The van der Waals surface area contributed by atoms with Gasteiger partial charge in [-0.05, 0) is 48.3 Å². The summed E-state index contributed by atoms with van der Waals surface area (Å²) in [6.07, 6.45) is 0. The van der Waals surface area contributed by atoms with Gasteiger partial charge in [0.2, 0.25) is 5.91 Å². The number of anilines is 1. The van der Waals surface area contributed by atoms with E-state index < -0.39 is 0 Å². The summed E-state index contributed by atoms with van der Waals surface area (Å²) in [6, 6.07) is 9.90. The lowest BCUT2D eigenvalue weighted by Gasteiger charge is -2.05. The zero-order valence-electron chi connectivity index (χ0n) is 13.1. The molecule has 0 bridgehead atoms. The van der Waals surface area contributed by atoms with Crippen molar-refractivity contribution in [3.8, 4) is 10.7 Å². The van der Waals surface area contributed by atoms with E-state index in [1.807, 2.05) is 36.6 Å². The minimum absolute atomic E-state index is 0.0809. The largest absolute Gasteiger partial charge is 0.300 e. The molecule has 0 atom stereocenters. The number of benzene rings is 1. The van der Waals surface area contributed by atoms with Crippen LogP contribution in [-0.4, -0.2) is 25.7 Å². The van der Waals surface area contributed by atoms with Crippen molar-refractivity contribution in [2.75, 3.05) is 5.32 Å². The summed E-state index contributed by atoms with van der Waals surface area (Å²) in [7, 11) is 0. The van der Waals surface area contributed by atoms with Gasteiger partial charge in [0.1, 0.15) is 6.54 Å². The van der Waals surface area contributed by atoms with Crippen molar-refractivity contribution >= 4 is 56.1 Å². The molecule has 0 fully saturated rings. The van der Waals surface area contributed by atoms with Gasteiger partial charge < -0.3 is 5.32 Å². The molecule has 1 amide bonds. The highest BCUT2D eigenvalue weighted by atomic mass is 32.1. The topological polar surface area (TPSA) is 75.6 Å². The Bertz CT molecular complexity index is 1110. The molecule has 0 radical (unpaired) electrons. The first kappa shape index (κ1) is 16.1. The molecule has 3 aromatic heterocycles. The van der Waals surface area contributed by atoms with Crippen LogP contribution in [0.15, 0.2) is 35.7 Å². The molecule has 126 valence electrons. The number of fused-ring (bicyclic) bond motifs is 1. The molecule has 0 aliphatic rings. The van der Waals surface area contributed by atoms with Crippen LogP contribution in [0.25, 0.3) is 20.9 Å². The molecule has 0 aliphatic carbocycles. The molecule has 25 heavy (non-hydrogen) atoms. The average Bonchev–Trinajstić information content (AvgIpc) is 3.28. The van der Waals surface area contributed by atoms with Crippen LogP contribution in [0.5, 0.6) is 0 Å². The van der Waals surface area contributed by atoms with E-state index in [1.165, 1.54) is 16.9 Å². The Morgan fingerprint density at radius 3 is 3.08 bits per heavy atom. The summed E-state index contributed by atoms with van der Waals surface area (Å²) < 4.78 is 3.15. The number of H-pyrrole nitrogens is 1. The number of aromatic amines is 1. The van der Waals surface area contributed by atoms with Gasteiger partial charge in [0, 0.05) is 0 Å². The van der Waals surface area contributed by atoms with Crippen LogP contribution in [0.1, 0.15) is 5.56 Å². The van der Waals surface area contributed by atoms with E-state index in [-0.39, 0.29) is 12.5 Å². The van der Waals surface area contributed by atoms with Gasteiger partial charge in [-0.15, -0.1) is 11.3 Å². The van der Waals surface area contributed by atoms with Gasteiger partial charge in [0.25, 0.3) is 0 Å². The molecular weight excluding hydrogens is 374 g/mol. The molecule has 3 heterocycles. The van der Waals surface area contributed by atoms with Crippen LogP contribution in [0.3, 0.4) is 0 Å². The average molecular weight is 388 g/mol. The highest BCUT2D eigenvalue weighted by Gasteiger charge is 2.14. The first-order valence-electron chi connectivity index (χ1n) is 7.46. The van der Waals surface area contributed by atoms with Gasteiger partial charge in [0.05, 0.1) is 15.1 Å². The maximum atomic E-state index is 12.4. The molecule has 2 N–H and O–H groups in total. The van der Waals surface area contributed by atoms with E-state index in [0.717, 1.165) is 15.1 Å². The predicted octanol–water partition coefficient (Wildman–Crippen LogP) is 4.23. The lowest BCUT2D eigenvalue weighted by atomic mass is 10.2. The number of thiazole rings is 1. The zero-order valence-corrected chi connectivity index (χ0v) is 15.6. The number of hydrogen-bond donors (Lipinski definition) is 2. The molecule has 0 unspecified atom stereocenters. The quantitative estimate of drug-likeness (QED) is 0.514. The van der Waals surface area contributed by atoms with Crippen molar-refractivity contribution in [2.24, 2.45) is 0 Å². The van der Waals surface area contributed by atoms with E-state index >= 15 is 0 Å². The lowest BCUT2D eigenvalue weighted by Crippen LogP contribution is -2.19. The van der Waals surface area contributed by atoms with Crippen LogP contribution in [-0.2, 0) is 11.3 Å². The summed E-state index contributed by atoms with van der Waals surface area (Å²) >= 11 is 8.26. The zero-order chi connectivity index (χ0) is 17.4. The van der Waals surface area contributed by atoms with Crippen molar-refractivity contribution in [3.05, 3.63) is 46.0 Å². The van der Waals surface area contributed by atoms with Crippen molar-refractivity contribution < 1.29 is 4.79 Å². The number of nitrogens with zero attached hydrogens (tertiary/aromatic N) is 3. The second-order valence-electron chi connectivity index (χ2n) is 5.45. The Labute approximate surface area is 156 Å². The van der Waals surface area contributed by atoms with E-state index in [1.54, 1.807) is 15.9 Å². The fourth-order valence-corrected chi connectivity index (χ4v) is 4.34. The number of amides is 1. The number of carbonyl (C=O) groups is 1. The molecule has 0 aliphatic heterocycles. The number of rotatable bonds is 4. The predicted molar refractivity (Wildman–Crippen MR) is 104 cm³/mol. The molecule has 1 aromatic carbocycles. The standard InChI is InChI=1S/C16H13N5OS3/c1-9-4-5-10-12(7-9)25-15(17-10)18-13(22)8-21-14(19-20-16(21)23)11-3-2-6-24-11/h2-7H,8H2,1H3,(H,20,23)(H,17,18,22). The van der Waals surface area contributed by atoms with Crippen LogP contribution in [0.4, 0.5) is 5.13 Å². The molecular formula is C16H13N5OS3. The third-order valence-electron chi connectivity index (χ3n) is 3.59. The van der Waals surface area contributed by atoms with Crippen LogP contribution < -0.4 is 5.32 Å². The summed E-state index contributed by atoms with van der Waals surface area (Å²) in [6.45, 7) is 2.11. The second kappa shape index (κ2) is 6.51. The summed E-state index contributed by atoms with van der Waals surface area (Å²) in [4.78, 5) is 17.8. The Kier molecular flexibility index (Phi) is 4.20. The molecule has 9 heteroatoms. The molecule has 0 saturated heterocycles. The number of hydrogen-bond acceptors (Lipinski definition) is 6. The Balaban J connectivity index is 1.56. The Morgan fingerprint density at radius 1 is 1.40 bits per heavy atom. The smallest absolute Gasteiger partial charge is 0.246 e. The van der Waals surface area contributed by atoms with Gasteiger partial charge in [-0.1, -0.05) is 23.5 Å². The fourth-order valence-electron chi connectivity index (χ4n) is 2.45. The van der Waals surface area contributed by atoms with Crippen LogP contribution >= 0.6 is 34.9 Å². The van der Waals surface area contributed by atoms with Crippen molar-refractivity contribution in [1.29, 1.82) is 0 Å². The maximum absolute atomic E-state index is 12.4. The molecule has 0 saturated carbocycles. The highest BCUT2D eigenvalue weighted by molar-refractivity contribution is 7.71. The minimum atomic E-state index is -0.189. The minimum Gasteiger partial charge on any atom is -0.300 e. The molecule has 6 nitrogen and oxygen atoms in total. The van der Waals surface area contributed by atoms with Crippen molar-refractivity contribution in [1.82, 2.24) is 19.7 Å². The third-order valence-corrected chi connectivity index (χ3v) is 5.70. The normalized spacial score (nSPS) is 11.1. The number of thiophene rings is 1. The van der Waals surface area contributed by atoms with Gasteiger partial charge in [-0.3, -0.25) is 14.5 Å². The SMILES string of the molecule is Cc1ccc2nc(NC(=O)Cn3c(-c4cccs4)n[nH]c3=S)sc2c1. The number of aromatic nitrogens is 4. The van der Waals surface area contributed by atoms with Gasteiger partial charge in [-0.25, -0.2) is 4.98 Å². The molecule has 0 spiro atoms. The van der Waals surface area contributed by atoms with E-state index in [2.05, 4.69) is 26.6 Å². The van der Waals surface area contributed by atoms with Crippen molar-refractivity contribution in [2.45, 2.75) is 13.5 Å². The number of nitrogens with one attached hydrogen (secondary N) is 2. The number of carbonyl (C=O) groups excluding carboxylic acids is 1. The molecule has 4 aromatic rings. The lowest BCUT2D eigenvalue weighted by molar-refractivity contribution is -0.116. The molecule has 4 rings (SSSR count). The first-order valence-corrected chi connectivity index (χ1v) is 9.57. The Hall–Kier alpha value is -2.36. The van der Waals surface area contributed by atoms with Gasteiger partial charge in [-0.2, -0.15) is 5.10 Å². The Morgan fingerprint density at radius 2 is 2.28 bits per heavy atom. The second-order valence-corrected chi connectivity index (χ2v) is 7.82. The first-order chi connectivity index (χ1) is 12.1. The van der Waals surface area contributed by atoms with E-state index in [9.17, 15) is 4.79 Å². The highest BCUT2D eigenvalue weighted by Crippen LogP contribution is 2.27. The van der Waals surface area contributed by atoms with Crippen molar-refractivity contribution in [3.63, 3.8) is 0 Å². The van der Waals surface area contributed by atoms with Crippen LogP contribution in [0, 0.1) is 11.7 Å². The van der Waals surface area contributed by atoms with Gasteiger partial charge in [0.15, 0.2) is 15.7 Å². The summed E-state index contributed by atoms with van der Waals surface area (Å²) in [5, 5.41) is 12.4. The fraction of sp³-hybridized carbons (Fsp3) is 0.125. The van der Waals surface area contributed by atoms with Gasteiger partial charge >= 0.3 is 0 Å². The third kappa shape index (κ3) is 3.26. The van der Waals surface area contributed by atoms with E-state index in [4.69, 9.17) is 12.2 Å². The maximum Gasteiger partial charge on any atom is 0.246 e. The summed E-state index contributed by atoms with van der Waals surface area (Å²) in [5.41, 5.74) is 2.05. The number of aryl methyl sites for hydroxylation is 1. The monoisotopic (exact) mass is 387 g/mol. The summed E-state index contributed by atoms with van der Waals surface area (Å²) in [5.74, 6) is 0.473. The van der Waals surface area contributed by atoms with E-state index in [0.29, 0.717) is 15.7 Å².